The lowest BCUT2D eigenvalue weighted by Crippen LogP contribution is -2.22. The molecule has 2 unspecified atom stereocenters. The minimum atomic E-state index is -0.249. The lowest BCUT2D eigenvalue weighted by Gasteiger charge is -2.22. The Kier molecular flexibility index (Phi) is 5.50. The lowest BCUT2D eigenvalue weighted by atomic mass is 10.0. The highest BCUT2D eigenvalue weighted by Crippen LogP contribution is 2.36. The van der Waals surface area contributed by atoms with Gasteiger partial charge < -0.3 is 5.32 Å². The molecule has 112 valence electrons. The fourth-order valence-corrected chi connectivity index (χ4v) is 2.92. The van der Waals surface area contributed by atoms with Crippen molar-refractivity contribution in [3.8, 4) is 0 Å². The second kappa shape index (κ2) is 6.97. The van der Waals surface area contributed by atoms with Crippen LogP contribution in [0.2, 0.25) is 15.1 Å². The standard InChI is InChI=1S/C16H15Cl3FN/c1-9(11-4-3-5-12(20)8-11)21-10(2)13-6-7-14(17)16(19)15(13)18/h3-10,21H,1-2H3. The molecule has 0 fully saturated rings. The molecule has 0 aliphatic rings. The van der Waals surface area contributed by atoms with Crippen molar-refractivity contribution in [3.63, 3.8) is 0 Å². The summed E-state index contributed by atoms with van der Waals surface area (Å²) >= 11 is 18.2. The van der Waals surface area contributed by atoms with Gasteiger partial charge in [0.25, 0.3) is 0 Å². The minimum Gasteiger partial charge on any atom is -0.304 e. The summed E-state index contributed by atoms with van der Waals surface area (Å²) in [6.07, 6.45) is 0. The summed E-state index contributed by atoms with van der Waals surface area (Å²) in [6, 6.07) is 9.99. The summed E-state index contributed by atoms with van der Waals surface area (Å²) in [5.41, 5.74) is 1.73. The van der Waals surface area contributed by atoms with Gasteiger partial charge in [0.15, 0.2) is 0 Å². The Bertz CT molecular complexity index is 645. The van der Waals surface area contributed by atoms with Crippen LogP contribution in [-0.4, -0.2) is 0 Å². The molecule has 2 rings (SSSR count). The molecule has 0 amide bonds. The molecule has 21 heavy (non-hydrogen) atoms. The second-order valence-corrected chi connectivity index (χ2v) is 6.09. The Morgan fingerprint density at radius 3 is 2.33 bits per heavy atom. The molecule has 0 bridgehead atoms. The number of nitrogens with one attached hydrogen (secondary N) is 1. The van der Waals surface area contributed by atoms with E-state index in [9.17, 15) is 4.39 Å². The van der Waals surface area contributed by atoms with Crippen LogP contribution in [0.4, 0.5) is 4.39 Å². The molecule has 5 heteroatoms. The minimum absolute atomic E-state index is 0.0266. The topological polar surface area (TPSA) is 12.0 Å². The molecule has 2 aromatic carbocycles. The molecule has 0 aliphatic heterocycles. The van der Waals surface area contributed by atoms with Crippen LogP contribution in [0.3, 0.4) is 0 Å². The van der Waals surface area contributed by atoms with Crippen molar-refractivity contribution in [2.75, 3.05) is 0 Å². The van der Waals surface area contributed by atoms with E-state index in [1.54, 1.807) is 12.1 Å². The fraction of sp³-hybridized carbons (Fsp3) is 0.250. The highest BCUT2D eigenvalue weighted by Gasteiger charge is 2.17. The third-order valence-corrected chi connectivity index (χ3v) is 4.69. The smallest absolute Gasteiger partial charge is 0.123 e. The summed E-state index contributed by atoms with van der Waals surface area (Å²) in [5, 5.41) is 4.59. The molecule has 0 radical (unpaired) electrons. The fourth-order valence-electron chi connectivity index (χ4n) is 2.21. The van der Waals surface area contributed by atoms with Crippen molar-refractivity contribution in [2.24, 2.45) is 0 Å². The number of rotatable bonds is 4. The zero-order valence-corrected chi connectivity index (χ0v) is 13.9. The summed E-state index contributed by atoms with van der Waals surface area (Å²) in [6.45, 7) is 3.94. The van der Waals surface area contributed by atoms with E-state index in [0.717, 1.165) is 11.1 Å². The average Bonchev–Trinajstić information content (AvgIpc) is 2.44. The van der Waals surface area contributed by atoms with E-state index in [2.05, 4.69) is 5.32 Å². The zero-order valence-electron chi connectivity index (χ0n) is 11.6. The van der Waals surface area contributed by atoms with Crippen LogP contribution >= 0.6 is 34.8 Å². The maximum Gasteiger partial charge on any atom is 0.123 e. The van der Waals surface area contributed by atoms with Crippen molar-refractivity contribution < 1.29 is 4.39 Å². The largest absolute Gasteiger partial charge is 0.304 e. The van der Waals surface area contributed by atoms with Crippen LogP contribution in [0.1, 0.15) is 37.1 Å². The van der Waals surface area contributed by atoms with Crippen molar-refractivity contribution in [1.29, 1.82) is 0 Å². The van der Waals surface area contributed by atoms with Gasteiger partial charge in [0.05, 0.1) is 15.1 Å². The molecular formula is C16H15Cl3FN. The van der Waals surface area contributed by atoms with E-state index in [4.69, 9.17) is 34.8 Å². The highest BCUT2D eigenvalue weighted by molar-refractivity contribution is 6.48. The van der Waals surface area contributed by atoms with Crippen LogP contribution in [0.25, 0.3) is 0 Å². The summed E-state index contributed by atoms with van der Waals surface area (Å²) in [5.74, 6) is -0.249. The number of hydrogen-bond acceptors (Lipinski definition) is 1. The Balaban J connectivity index is 2.18. The van der Waals surface area contributed by atoms with Crippen LogP contribution in [0.5, 0.6) is 0 Å². The predicted octanol–water partition coefficient (Wildman–Crippen LogP) is 6.20. The Hall–Kier alpha value is -0.800. The lowest BCUT2D eigenvalue weighted by molar-refractivity contribution is 0.492. The summed E-state index contributed by atoms with van der Waals surface area (Å²) in [4.78, 5) is 0. The van der Waals surface area contributed by atoms with Crippen molar-refractivity contribution in [3.05, 3.63) is 68.4 Å². The van der Waals surface area contributed by atoms with Gasteiger partial charge in [-0.05, 0) is 43.2 Å². The van der Waals surface area contributed by atoms with E-state index in [-0.39, 0.29) is 17.9 Å². The third kappa shape index (κ3) is 3.89. The summed E-state index contributed by atoms with van der Waals surface area (Å²) < 4.78 is 13.3. The molecule has 1 N–H and O–H groups in total. The quantitative estimate of drug-likeness (QED) is 0.650. The van der Waals surface area contributed by atoms with Gasteiger partial charge in [0, 0.05) is 12.1 Å². The maximum atomic E-state index is 13.3. The first-order valence-electron chi connectivity index (χ1n) is 6.55. The Morgan fingerprint density at radius 1 is 0.952 bits per heavy atom. The van der Waals surface area contributed by atoms with Gasteiger partial charge >= 0.3 is 0 Å². The van der Waals surface area contributed by atoms with Crippen LogP contribution < -0.4 is 5.32 Å². The normalized spacial score (nSPS) is 14.0. The van der Waals surface area contributed by atoms with E-state index < -0.39 is 0 Å². The molecule has 0 saturated heterocycles. The average molecular weight is 347 g/mol. The van der Waals surface area contributed by atoms with Crippen molar-refractivity contribution in [2.45, 2.75) is 25.9 Å². The number of benzene rings is 2. The zero-order chi connectivity index (χ0) is 15.6. The van der Waals surface area contributed by atoms with Gasteiger partial charge in [0.2, 0.25) is 0 Å². The number of hydrogen-bond donors (Lipinski definition) is 1. The van der Waals surface area contributed by atoms with Crippen molar-refractivity contribution >= 4 is 34.8 Å². The van der Waals surface area contributed by atoms with Gasteiger partial charge in [-0.25, -0.2) is 4.39 Å². The molecule has 2 aromatic rings. The number of halogens is 4. The first-order valence-corrected chi connectivity index (χ1v) is 7.68. The van der Waals surface area contributed by atoms with Gasteiger partial charge in [-0.1, -0.05) is 53.0 Å². The Morgan fingerprint density at radius 2 is 1.67 bits per heavy atom. The molecule has 2 atom stereocenters. The van der Waals surface area contributed by atoms with Gasteiger partial charge in [-0.15, -0.1) is 0 Å². The van der Waals surface area contributed by atoms with Crippen LogP contribution in [-0.2, 0) is 0 Å². The molecule has 0 spiro atoms. The molecule has 0 heterocycles. The first kappa shape index (κ1) is 16.6. The Labute approximate surface area is 139 Å². The monoisotopic (exact) mass is 345 g/mol. The van der Waals surface area contributed by atoms with E-state index in [1.807, 2.05) is 26.0 Å². The van der Waals surface area contributed by atoms with Gasteiger partial charge in [-0.3, -0.25) is 0 Å². The SMILES string of the molecule is CC(NC(C)c1ccc(Cl)c(Cl)c1Cl)c1cccc(F)c1. The van der Waals surface area contributed by atoms with Crippen LogP contribution in [0.15, 0.2) is 36.4 Å². The third-order valence-electron chi connectivity index (χ3n) is 3.38. The molecule has 0 saturated carbocycles. The van der Waals surface area contributed by atoms with E-state index in [0.29, 0.717) is 15.1 Å². The molecular weight excluding hydrogens is 332 g/mol. The van der Waals surface area contributed by atoms with Crippen molar-refractivity contribution in [1.82, 2.24) is 5.32 Å². The first-order chi connectivity index (χ1) is 9.90. The predicted molar refractivity (Wildman–Crippen MR) is 87.8 cm³/mol. The van der Waals surface area contributed by atoms with Crippen LogP contribution in [0, 0.1) is 5.82 Å². The van der Waals surface area contributed by atoms with E-state index >= 15 is 0 Å². The molecule has 0 aromatic heterocycles. The van der Waals surface area contributed by atoms with Gasteiger partial charge in [-0.2, -0.15) is 0 Å². The summed E-state index contributed by atoms with van der Waals surface area (Å²) in [7, 11) is 0. The second-order valence-electron chi connectivity index (χ2n) is 4.93. The molecule has 1 nitrogen and oxygen atoms in total. The highest BCUT2D eigenvalue weighted by atomic mass is 35.5. The molecule has 0 aliphatic carbocycles. The van der Waals surface area contributed by atoms with E-state index in [1.165, 1.54) is 12.1 Å². The van der Waals surface area contributed by atoms with Gasteiger partial charge in [0.1, 0.15) is 5.82 Å². The maximum absolute atomic E-state index is 13.3.